The van der Waals surface area contributed by atoms with E-state index in [1.54, 1.807) is 0 Å². The molecule has 0 fully saturated rings. The number of aromatic carboxylic acids is 1. The predicted octanol–water partition coefficient (Wildman–Crippen LogP) is 4.89. The van der Waals surface area contributed by atoms with E-state index >= 15 is 0 Å². The Balaban J connectivity index is 1.77. The summed E-state index contributed by atoms with van der Waals surface area (Å²) in [6.07, 6.45) is 0.131. The van der Waals surface area contributed by atoms with Crippen molar-refractivity contribution < 1.29 is 14.7 Å². The molecule has 3 rings (SSSR count). The average Bonchev–Trinajstić information content (AvgIpc) is 2.62. The molecule has 1 amide bonds. The van der Waals surface area contributed by atoms with E-state index in [4.69, 9.17) is 11.6 Å². The fourth-order valence-electron chi connectivity index (χ4n) is 2.68. The molecule has 0 aliphatic rings. The maximum atomic E-state index is 12.4. The van der Waals surface area contributed by atoms with Gasteiger partial charge in [0.05, 0.1) is 17.7 Å². The second-order valence-electron chi connectivity index (χ2n) is 5.79. The van der Waals surface area contributed by atoms with Crippen molar-refractivity contribution in [1.29, 1.82) is 0 Å². The number of rotatable bonds is 5. The van der Waals surface area contributed by atoms with E-state index in [2.05, 4.69) is 5.32 Å². The van der Waals surface area contributed by atoms with Gasteiger partial charge in [0.25, 0.3) is 0 Å². The fourth-order valence-corrected chi connectivity index (χ4v) is 2.85. The number of carboxylic acids is 1. The minimum absolute atomic E-state index is 0.000728. The van der Waals surface area contributed by atoms with Gasteiger partial charge in [-0.2, -0.15) is 0 Å². The predicted molar refractivity (Wildman–Crippen MR) is 103 cm³/mol. The Morgan fingerprint density at radius 1 is 0.885 bits per heavy atom. The van der Waals surface area contributed by atoms with Crippen molar-refractivity contribution >= 4 is 29.2 Å². The third-order valence-electron chi connectivity index (χ3n) is 3.88. The molecule has 0 saturated carbocycles. The van der Waals surface area contributed by atoms with Gasteiger partial charge in [0.1, 0.15) is 0 Å². The maximum Gasteiger partial charge on any atom is 0.337 e. The summed E-state index contributed by atoms with van der Waals surface area (Å²) in [4.78, 5) is 23.6. The minimum atomic E-state index is -1.12. The number of carbonyl (C=O) groups is 2. The van der Waals surface area contributed by atoms with E-state index in [-0.39, 0.29) is 23.6 Å². The third kappa shape index (κ3) is 4.29. The number of hydrogen-bond donors (Lipinski definition) is 2. The van der Waals surface area contributed by atoms with E-state index in [9.17, 15) is 14.7 Å². The second-order valence-corrected chi connectivity index (χ2v) is 6.22. The molecule has 0 aliphatic carbocycles. The molecule has 2 N–H and O–H groups in total. The Kier molecular flexibility index (Phi) is 5.34. The summed E-state index contributed by atoms with van der Waals surface area (Å²) >= 11 is 5.91. The number of hydrogen-bond acceptors (Lipinski definition) is 2. The highest BCUT2D eigenvalue weighted by molar-refractivity contribution is 6.31. The normalized spacial score (nSPS) is 10.3. The Morgan fingerprint density at radius 3 is 2.35 bits per heavy atom. The Bertz CT molecular complexity index is 954. The van der Waals surface area contributed by atoms with Crippen molar-refractivity contribution in [2.24, 2.45) is 0 Å². The first-order chi connectivity index (χ1) is 12.5. The molecular weight excluding hydrogens is 350 g/mol. The van der Waals surface area contributed by atoms with E-state index in [0.717, 1.165) is 16.7 Å². The highest BCUT2D eigenvalue weighted by atomic mass is 35.5. The van der Waals surface area contributed by atoms with Crippen LogP contribution in [0.3, 0.4) is 0 Å². The molecular formula is C21H16ClNO3. The van der Waals surface area contributed by atoms with Crippen LogP contribution in [0.4, 0.5) is 5.69 Å². The first-order valence-corrected chi connectivity index (χ1v) is 8.38. The number of benzene rings is 3. The van der Waals surface area contributed by atoms with E-state index in [0.29, 0.717) is 5.02 Å². The SMILES string of the molecule is O=C(Cc1cccc(-c2ccccc2)c1)Nc1cc(Cl)ccc1C(=O)O. The van der Waals surface area contributed by atoms with Crippen LogP contribution in [0, 0.1) is 0 Å². The van der Waals surface area contributed by atoms with Crippen LogP contribution in [0.2, 0.25) is 5.02 Å². The smallest absolute Gasteiger partial charge is 0.337 e. The Labute approximate surface area is 156 Å². The standard InChI is InChI=1S/C21H16ClNO3/c22-17-9-10-18(21(25)26)19(13-17)23-20(24)12-14-5-4-8-16(11-14)15-6-2-1-3-7-15/h1-11,13H,12H2,(H,23,24)(H,25,26). The molecule has 3 aromatic carbocycles. The van der Waals surface area contributed by atoms with Gasteiger partial charge >= 0.3 is 5.97 Å². The quantitative estimate of drug-likeness (QED) is 0.676. The van der Waals surface area contributed by atoms with Gasteiger partial charge in [-0.1, -0.05) is 66.2 Å². The van der Waals surface area contributed by atoms with Gasteiger partial charge in [-0.15, -0.1) is 0 Å². The zero-order chi connectivity index (χ0) is 18.5. The summed E-state index contributed by atoms with van der Waals surface area (Å²) in [5, 5.41) is 12.2. The number of nitrogens with one attached hydrogen (secondary N) is 1. The van der Waals surface area contributed by atoms with Crippen LogP contribution in [-0.4, -0.2) is 17.0 Å². The largest absolute Gasteiger partial charge is 0.478 e. The van der Waals surface area contributed by atoms with Crippen LogP contribution in [0.15, 0.2) is 72.8 Å². The summed E-state index contributed by atoms with van der Waals surface area (Å²) < 4.78 is 0. The van der Waals surface area contributed by atoms with Crippen molar-refractivity contribution in [2.45, 2.75) is 6.42 Å². The number of amides is 1. The maximum absolute atomic E-state index is 12.4. The Morgan fingerprint density at radius 2 is 1.62 bits per heavy atom. The summed E-state index contributed by atoms with van der Waals surface area (Å²) in [6.45, 7) is 0. The molecule has 0 unspecified atom stereocenters. The van der Waals surface area contributed by atoms with E-state index < -0.39 is 5.97 Å². The Hall–Kier alpha value is -3.11. The molecule has 0 aromatic heterocycles. The zero-order valence-electron chi connectivity index (χ0n) is 13.8. The number of halogens is 1. The van der Waals surface area contributed by atoms with E-state index in [1.807, 2.05) is 54.6 Å². The van der Waals surface area contributed by atoms with Crippen molar-refractivity contribution in [2.75, 3.05) is 5.32 Å². The highest BCUT2D eigenvalue weighted by Gasteiger charge is 2.13. The van der Waals surface area contributed by atoms with Crippen molar-refractivity contribution in [3.05, 3.63) is 88.9 Å². The lowest BCUT2D eigenvalue weighted by Gasteiger charge is -2.10. The molecule has 0 heterocycles. The molecule has 4 nitrogen and oxygen atoms in total. The van der Waals surface area contributed by atoms with Gasteiger partial charge in [-0.3, -0.25) is 4.79 Å². The summed E-state index contributed by atoms with van der Waals surface area (Å²) in [5.74, 6) is -1.43. The van der Waals surface area contributed by atoms with Gasteiger partial charge in [-0.25, -0.2) is 4.79 Å². The molecule has 0 atom stereocenters. The molecule has 0 saturated heterocycles. The number of anilines is 1. The van der Waals surface area contributed by atoms with Crippen LogP contribution in [0.5, 0.6) is 0 Å². The van der Waals surface area contributed by atoms with Crippen LogP contribution in [0.1, 0.15) is 15.9 Å². The minimum Gasteiger partial charge on any atom is -0.478 e. The zero-order valence-corrected chi connectivity index (χ0v) is 14.5. The summed E-state index contributed by atoms with van der Waals surface area (Å²) in [6, 6.07) is 21.9. The molecule has 5 heteroatoms. The molecule has 0 aliphatic heterocycles. The lowest BCUT2D eigenvalue weighted by Crippen LogP contribution is -2.16. The van der Waals surface area contributed by atoms with Crippen LogP contribution >= 0.6 is 11.6 Å². The molecule has 26 heavy (non-hydrogen) atoms. The van der Waals surface area contributed by atoms with Gasteiger partial charge in [-0.05, 0) is 34.9 Å². The monoisotopic (exact) mass is 365 g/mol. The first-order valence-electron chi connectivity index (χ1n) is 8.00. The molecule has 3 aromatic rings. The van der Waals surface area contributed by atoms with E-state index in [1.165, 1.54) is 18.2 Å². The van der Waals surface area contributed by atoms with Crippen LogP contribution in [-0.2, 0) is 11.2 Å². The van der Waals surface area contributed by atoms with Gasteiger partial charge < -0.3 is 10.4 Å². The van der Waals surface area contributed by atoms with Gasteiger partial charge in [0.2, 0.25) is 5.91 Å². The van der Waals surface area contributed by atoms with Crippen LogP contribution < -0.4 is 5.32 Å². The lowest BCUT2D eigenvalue weighted by atomic mass is 10.0. The van der Waals surface area contributed by atoms with Crippen molar-refractivity contribution in [1.82, 2.24) is 0 Å². The van der Waals surface area contributed by atoms with Gasteiger partial charge in [0, 0.05) is 5.02 Å². The number of carboxylic acid groups (broad SMARTS) is 1. The van der Waals surface area contributed by atoms with Gasteiger partial charge in [0.15, 0.2) is 0 Å². The molecule has 0 bridgehead atoms. The summed E-state index contributed by atoms with van der Waals surface area (Å²) in [5.41, 5.74) is 3.11. The first kappa shape index (κ1) is 17.7. The van der Waals surface area contributed by atoms with Crippen molar-refractivity contribution in [3.63, 3.8) is 0 Å². The lowest BCUT2D eigenvalue weighted by molar-refractivity contribution is -0.115. The average molecular weight is 366 g/mol. The summed E-state index contributed by atoms with van der Waals surface area (Å²) in [7, 11) is 0. The topological polar surface area (TPSA) is 66.4 Å². The second kappa shape index (κ2) is 7.85. The number of carbonyl (C=O) groups excluding carboxylic acids is 1. The molecule has 0 spiro atoms. The third-order valence-corrected chi connectivity index (χ3v) is 4.12. The van der Waals surface area contributed by atoms with Crippen LogP contribution in [0.25, 0.3) is 11.1 Å². The molecule has 0 radical (unpaired) electrons. The van der Waals surface area contributed by atoms with Crippen molar-refractivity contribution in [3.8, 4) is 11.1 Å². The molecule has 130 valence electrons. The fraction of sp³-hybridized carbons (Fsp3) is 0.0476. The highest BCUT2D eigenvalue weighted by Crippen LogP contribution is 2.23.